The molecule has 0 heterocycles. The predicted molar refractivity (Wildman–Crippen MR) is 275 cm³/mol. The van der Waals surface area contributed by atoms with Gasteiger partial charge in [-0.2, -0.15) is 0 Å². The highest BCUT2D eigenvalue weighted by Gasteiger charge is 2.28. The van der Waals surface area contributed by atoms with Crippen LogP contribution in [0.4, 0.5) is 17.1 Å². The van der Waals surface area contributed by atoms with Gasteiger partial charge in [-0.25, -0.2) is 0 Å². The normalized spacial score (nSPS) is 12.4. The van der Waals surface area contributed by atoms with E-state index in [9.17, 15) is 0 Å². The number of fused-ring (bicyclic) bond motifs is 1. The third-order valence-corrected chi connectivity index (χ3v) is 12.7. The fourth-order valence-corrected chi connectivity index (χ4v) is 8.83. The van der Waals surface area contributed by atoms with E-state index in [1.165, 1.54) is 77.5 Å². The van der Waals surface area contributed by atoms with Crippen LogP contribution in [0.5, 0.6) is 0 Å². The second-order valence-electron chi connectivity index (χ2n) is 21.6. The van der Waals surface area contributed by atoms with Crippen LogP contribution in [0.3, 0.4) is 0 Å². The summed E-state index contributed by atoms with van der Waals surface area (Å²) in [4.78, 5) is 2.57. The molecule has 0 aliphatic carbocycles. The molecule has 0 N–H and O–H groups in total. The number of hydrogen-bond acceptors (Lipinski definition) is 1. The van der Waals surface area contributed by atoms with Crippen LogP contribution in [0.2, 0.25) is 0 Å². The molecule has 318 valence electrons. The van der Waals surface area contributed by atoms with Crippen molar-refractivity contribution in [1.29, 1.82) is 0 Å². The quantitative estimate of drug-likeness (QED) is 0.155. The third kappa shape index (κ3) is 8.90. The van der Waals surface area contributed by atoms with Crippen LogP contribution in [0.25, 0.3) is 55.3 Å². The smallest absolute Gasteiger partial charge is 0.0543 e. The van der Waals surface area contributed by atoms with Gasteiger partial charge >= 0.3 is 0 Å². The number of rotatable bonds is 7. The average molecular weight is 824 g/mol. The minimum atomic E-state index is -0.0778. The highest BCUT2D eigenvalue weighted by Crippen LogP contribution is 2.51. The van der Waals surface area contributed by atoms with E-state index >= 15 is 0 Å². The zero-order valence-corrected chi connectivity index (χ0v) is 39.7. The molecule has 0 aliphatic rings. The van der Waals surface area contributed by atoms with Gasteiger partial charge in [-0.1, -0.05) is 235 Å². The molecule has 0 saturated heterocycles. The minimum Gasteiger partial charge on any atom is -0.309 e. The first-order chi connectivity index (χ1) is 29.8. The van der Waals surface area contributed by atoms with Gasteiger partial charge in [0.2, 0.25) is 0 Å². The van der Waals surface area contributed by atoms with Gasteiger partial charge in [0.1, 0.15) is 0 Å². The molecule has 0 spiro atoms. The van der Waals surface area contributed by atoms with Crippen LogP contribution in [0, 0.1) is 0 Å². The largest absolute Gasteiger partial charge is 0.309 e. The highest BCUT2D eigenvalue weighted by molar-refractivity contribution is 6.09. The summed E-state index contributed by atoms with van der Waals surface area (Å²) in [6, 6.07) is 66.2. The molecule has 0 aliphatic heterocycles. The third-order valence-electron chi connectivity index (χ3n) is 12.7. The number of benzene rings is 8. The van der Waals surface area contributed by atoms with Crippen molar-refractivity contribution in [1.82, 2.24) is 0 Å². The van der Waals surface area contributed by atoms with E-state index in [2.05, 4.69) is 264 Å². The van der Waals surface area contributed by atoms with Crippen LogP contribution < -0.4 is 4.90 Å². The van der Waals surface area contributed by atoms with E-state index in [1.54, 1.807) is 0 Å². The molecule has 0 unspecified atom stereocenters. The SMILES string of the molecule is CC(C)(C)c1cc(-c2cccc3cccc(-c4ccccc4N(c4ccc(C(C)(C)C)cc4-c4ccccc4)c4cc(C(C)(C)C)ccc4-c4ccccc4)c23)cc(C(C)(C)C)c1. The van der Waals surface area contributed by atoms with Gasteiger partial charge < -0.3 is 4.90 Å². The lowest BCUT2D eigenvalue weighted by Gasteiger charge is -2.34. The Hall–Kier alpha value is -6.18. The van der Waals surface area contributed by atoms with Gasteiger partial charge in [-0.05, 0) is 107 Å². The average Bonchev–Trinajstić information content (AvgIpc) is 3.25. The number of anilines is 3. The Bertz CT molecular complexity index is 2870. The van der Waals surface area contributed by atoms with E-state index in [-0.39, 0.29) is 21.7 Å². The lowest BCUT2D eigenvalue weighted by Crippen LogP contribution is -2.18. The van der Waals surface area contributed by atoms with Crippen molar-refractivity contribution >= 4 is 27.8 Å². The lowest BCUT2D eigenvalue weighted by molar-refractivity contribution is 0.569. The molecule has 0 aromatic heterocycles. The molecular weight excluding hydrogens is 759 g/mol. The molecule has 0 amide bonds. The molecule has 1 heteroatoms. The second kappa shape index (κ2) is 16.5. The maximum absolute atomic E-state index is 2.57. The molecule has 8 aromatic rings. The fraction of sp³-hybridized carbons (Fsp3) is 0.258. The summed E-state index contributed by atoms with van der Waals surface area (Å²) in [5.74, 6) is 0. The first-order valence-corrected chi connectivity index (χ1v) is 22.8. The zero-order chi connectivity index (χ0) is 44.9. The predicted octanol–water partition coefficient (Wildman–Crippen LogP) is 18.2. The molecule has 0 bridgehead atoms. The van der Waals surface area contributed by atoms with E-state index < -0.39 is 0 Å². The summed E-state index contributed by atoms with van der Waals surface area (Å²) < 4.78 is 0. The van der Waals surface area contributed by atoms with Crippen molar-refractivity contribution < 1.29 is 0 Å². The standard InChI is InChI=1S/C62H65N/c1-59(2,3)46-34-36-56(54(40-46)43-25-17-14-18-26-43)63(57-41-47(60(4,5)6)33-35-50(57)42-23-15-13-16-24-42)55-32-20-19-29-52(55)53-31-22-28-44-27-21-30-51(58(44)53)45-37-48(61(7,8)9)39-49(38-45)62(10,11)12/h13-41H,1-12H3. The number of nitrogens with zero attached hydrogens (tertiary/aromatic N) is 1. The summed E-state index contributed by atoms with van der Waals surface area (Å²) in [6.07, 6.45) is 0. The summed E-state index contributed by atoms with van der Waals surface area (Å²) in [5.41, 5.74) is 18.2. The number of para-hydroxylation sites is 1. The van der Waals surface area contributed by atoms with E-state index in [4.69, 9.17) is 0 Å². The van der Waals surface area contributed by atoms with Gasteiger partial charge in [0.25, 0.3) is 0 Å². The van der Waals surface area contributed by atoms with Crippen molar-refractivity contribution in [3.8, 4) is 44.5 Å². The van der Waals surface area contributed by atoms with Crippen molar-refractivity contribution in [2.24, 2.45) is 0 Å². The second-order valence-corrected chi connectivity index (χ2v) is 21.6. The van der Waals surface area contributed by atoms with Gasteiger partial charge in [0.15, 0.2) is 0 Å². The van der Waals surface area contributed by atoms with Crippen LogP contribution in [0.15, 0.2) is 176 Å². The van der Waals surface area contributed by atoms with E-state index in [1.807, 2.05) is 0 Å². The molecule has 1 nitrogen and oxygen atoms in total. The van der Waals surface area contributed by atoms with Gasteiger partial charge in [-0.15, -0.1) is 0 Å². The molecule has 0 saturated carbocycles. The molecule has 8 aromatic carbocycles. The topological polar surface area (TPSA) is 3.24 Å². The molecule has 63 heavy (non-hydrogen) atoms. The van der Waals surface area contributed by atoms with Gasteiger partial charge in [0, 0.05) is 16.7 Å². The monoisotopic (exact) mass is 824 g/mol. The van der Waals surface area contributed by atoms with Crippen molar-refractivity contribution in [2.75, 3.05) is 4.90 Å². The first-order valence-electron chi connectivity index (χ1n) is 22.8. The van der Waals surface area contributed by atoms with Crippen molar-refractivity contribution in [3.05, 3.63) is 198 Å². The highest BCUT2D eigenvalue weighted by atomic mass is 15.2. The van der Waals surface area contributed by atoms with Gasteiger partial charge in [-0.3, -0.25) is 0 Å². The summed E-state index contributed by atoms with van der Waals surface area (Å²) in [6.45, 7) is 27.8. The van der Waals surface area contributed by atoms with Crippen molar-refractivity contribution in [2.45, 2.75) is 105 Å². The van der Waals surface area contributed by atoms with Crippen LogP contribution in [-0.2, 0) is 21.7 Å². The molecule has 0 radical (unpaired) electrons. The van der Waals surface area contributed by atoms with Crippen LogP contribution in [0.1, 0.15) is 105 Å². The summed E-state index contributed by atoms with van der Waals surface area (Å²) in [5, 5.41) is 2.49. The molecule has 8 rings (SSSR count). The molecular formula is C62H65N. The fourth-order valence-electron chi connectivity index (χ4n) is 8.83. The first kappa shape index (κ1) is 43.5. The Morgan fingerprint density at radius 1 is 0.270 bits per heavy atom. The summed E-state index contributed by atoms with van der Waals surface area (Å²) >= 11 is 0. The summed E-state index contributed by atoms with van der Waals surface area (Å²) in [7, 11) is 0. The Morgan fingerprint density at radius 3 is 1.30 bits per heavy atom. The Kier molecular flexibility index (Phi) is 11.4. The maximum atomic E-state index is 2.57. The zero-order valence-electron chi connectivity index (χ0n) is 39.7. The maximum Gasteiger partial charge on any atom is 0.0543 e. The minimum absolute atomic E-state index is 0.00637. The number of hydrogen-bond donors (Lipinski definition) is 0. The Morgan fingerprint density at radius 2 is 0.730 bits per heavy atom. The Balaban J connectivity index is 1.50. The lowest BCUT2D eigenvalue weighted by atomic mass is 9.78. The molecule has 0 fully saturated rings. The van der Waals surface area contributed by atoms with Gasteiger partial charge in [0.05, 0.1) is 17.1 Å². The van der Waals surface area contributed by atoms with Crippen LogP contribution >= 0.6 is 0 Å². The Labute approximate surface area is 378 Å². The van der Waals surface area contributed by atoms with E-state index in [0.29, 0.717) is 0 Å². The van der Waals surface area contributed by atoms with Crippen molar-refractivity contribution in [3.63, 3.8) is 0 Å². The van der Waals surface area contributed by atoms with Crippen LogP contribution in [-0.4, -0.2) is 0 Å². The van der Waals surface area contributed by atoms with E-state index in [0.717, 1.165) is 17.1 Å². The molecule has 0 atom stereocenters.